The van der Waals surface area contributed by atoms with E-state index in [1.807, 2.05) is 19.1 Å². The van der Waals surface area contributed by atoms with E-state index in [9.17, 15) is 5.11 Å². The van der Waals surface area contributed by atoms with E-state index in [1.165, 1.54) is 17.5 Å². The van der Waals surface area contributed by atoms with Gasteiger partial charge in [-0.3, -0.25) is 0 Å². The molecule has 0 saturated heterocycles. The number of aliphatic hydroxyl groups excluding tert-OH is 1. The largest absolute Gasteiger partial charge is 0.463 e. The zero-order chi connectivity index (χ0) is 14.4. The molecule has 1 saturated carbocycles. The Labute approximate surface area is 120 Å². The van der Waals surface area contributed by atoms with Crippen molar-refractivity contribution in [3.05, 3.63) is 58.0 Å². The summed E-state index contributed by atoms with van der Waals surface area (Å²) in [6.07, 6.45) is 0.531. The summed E-state index contributed by atoms with van der Waals surface area (Å²) in [5.41, 5.74) is 4.51. The highest BCUT2D eigenvalue weighted by molar-refractivity contribution is 5.40. The van der Waals surface area contributed by atoms with Crippen molar-refractivity contribution < 1.29 is 9.52 Å². The molecule has 0 amide bonds. The van der Waals surface area contributed by atoms with Crippen LogP contribution in [0.25, 0.3) is 0 Å². The van der Waals surface area contributed by atoms with Crippen LogP contribution in [0.15, 0.2) is 28.7 Å². The predicted octanol–water partition coefficient (Wildman–Crippen LogP) is 4.41. The highest BCUT2D eigenvalue weighted by Gasteiger charge is 2.37. The number of furan rings is 1. The number of benzene rings is 1. The fraction of sp³-hybridized carbons (Fsp3) is 0.444. The van der Waals surface area contributed by atoms with Crippen molar-refractivity contribution >= 4 is 0 Å². The monoisotopic (exact) mass is 270 g/mol. The quantitative estimate of drug-likeness (QED) is 0.896. The van der Waals surface area contributed by atoms with Crippen molar-refractivity contribution in [2.45, 2.75) is 46.1 Å². The Morgan fingerprint density at radius 2 is 1.75 bits per heavy atom. The van der Waals surface area contributed by atoms with E-state index in [1.54, 1.807) is 0 Å². The molecular formula is C18H22O2. The van der Waals surface area contributed by atoms with E-state index in [0.29, 0.717) is 11.7 Å². The van der Waals surface area contributed by atoms with Crippen LogP contribution in [0.5, 0.6) is 0 Å². The summed E-state index contributed by atoms with van der Waals surface area (Å²) in [6.45, 7) is 8.44. The average molecular weight is 270 g/mol. The van der Waals surface area contributed by atoms with Crippen molar-refractivity contribution in [3.8, 4) is 0 Å². The van der Waals surface area contributed by atoms with Gasteiger partial charge in [0.05, 0.1) is 0 Å². The number of aliphatic hydroxyl groups is 1. The fourth-order valence-corrected chi connectivity index (χ4v) is 2.86. The number of aryl methyl sites for hydroxylation is 3. The third-order valence-corrected chi connectivity index (χ3v) is 4.57. The van der Waals surface area contributed by atoms with Crippen molar-refractivity contribution in [1.82, 2.24) is 0 Å². The van der Waals surface area contributed by atoms with E-state index in [-0.39, 0.29) is 0 Å². The van der Waals surface area contributed by atoms with Crippen LogP contribution in [0.1, 0.15) is 59.1 Å². The van der Waals surface area contributed by atoms with Crippen molar-refractivity contribution in [1.29, 1.82) is 0 Å². The minimum atomic E-state index is -0.669. The van der Waals surface area contributed by atoms with Gasteiger partial charge in [-0.05, 0) is 67.5 Å². The maximum atomic E-state index is 10.6. The number of hydrogen-bond donors (Lipinski definition) is 1. The van der Waals surface area contributed by atoms with E-state index in [4.69, 9.17) is 4.42 Å². The lowest BCUT2D eigenvalue weighted by Crippen LogP contribution is -2.02. The highest BCUT2D eigenvalue weighted by Crippen LogP contribution is 2.47. The lowest BCUT2D eigenvalue weighted by molar-refractivity contribution is 0.186. The summed E-state index contributed by atoms with van der Waals surface area (Å²) in [5.74, 6) is 2.95. The molecule has 0 aliphatic heterocycles. The van der Waals surface area contributed by atoms with E-state index in [2.05, 4.69) is 32.9 Å². The molecule has 1 N–H and O–H groups in total. The Morgan fingerprint density at radius 1 is 1.10 bits per heavy atom. The highest BCUT2D eigenvalue weighted by atomic mass is 16.4. The van der Waals surface area contributed by atoms with Crippen LogP contribution in [0.3, 0.4) is 0 Å². The van der Waals surface area contributed by atoms with Gasteiger partial charge in [0.1, 0.15) is 17.6 Å². The first kappa shape index (κ1) is 13.4. The van der Waals surface area contributed by atoms with Crippen LogP contribution >= 0.6 is 0 Å². The zero-order valence-electron chi connectivity index (χ0n) is 12.6. The maximum absolute atomic E-state index is 10.6. The molecule has 2 aromatic rings. The first-order valence-electron chi connectivity index (χ1n) is 7.33. The van der Waals surface area contributed by atoms with Crippen LogP contribution < -0.4 is 0 Å². The smallest absolute Gasteiger partial charge is 0.137 e. The second-order valence-corrected chi connectivity index (χ2v) is 6.26. The molecule has 3 rings (SSSR count). The molecule has 1 aromatic carbocycles. The van der Waals surface area contributed by atoms with Crippen LogP contribution in [0.4, 0.5) is 0 Å². The second kappa shape index (κ2) is 4.78. The number of hydrogen-bond acceptors (Lipinski definition) is 2. The molecule has 1 aliphatic carbocycles. The van der Waals surface area contributed by atoms with Gasteiger partial charge in [-0.1, -0.05) is 19.1 Å². The maximum Gasteiger partial charge on any atom is 0.137 e. The van der Waals surface area contributed by atoms with Gasteiger partial charge in [-0.25, -0.2) is 0 Å². The Hall–Kier alpha value is -1.54. The summed E-state index contributed by atoms with van der Waals surface area (Å²) in [6, 6.07) is 8.13. The topological polar surface area (TPSA) is 33.4 Å². The minimum absolute atomic E-state index is 0.553. The summed E-state index contributed by atoms with van der Waals surface area (Å²) < 4.78 is 5.87. The Kier molecular flexibility index (Phi) is 3.21. The molecule has 0 radical (unpaired) electrons. The summed E-state index contributed by atoms with van der Waals surface area (Å²) in [4.78, 5) is 0. The van der Waals surface area contributed by atoms with Gasteiger partial charge in [0, 0.05) is 5.92 Å². The zero-order valence-corrected chi connectivity index (χ0v) is 12.6. The molecule has 2 nitrogen and oxygen atoms in total. The average Bonchev–Trinajstić information content (AvgIpc) is 2.94. The summed E-state index contributed by atoms with van der Waals surface area (Å²) >= 11 is 0. The molecule has 0 spiro atoms. The van der Waals surface area contributed by atoms with E-state index in [0.717, 1.165) is 22.8 Å². The fourth-order valence-electron chi connectivity index (χ4n) is 2.86. The Morgan fingerprint density at radius 3 is 2.40 bits per heavy atom. The van der Waals surface area contributed by atoms with Crippen LogP contribution in [0.2, 0.25) is 0 Å². The molecule has 3 atom stereocenters. The SMILES string of the molecule is Cc1cc(C)c(C(O)c2ccc(C3CC3C)o2)cc1C. The van der Waals surface area contributed by atoms with Crippen LogP contribution in [-0.2, 0) is 0 Å². The van der Waals surface area contributed by atoms with E-state index < -0.39 is 6.10 Å². The first-order valence-corrected chi connectivity index (χ1v) is 7.33. The van der Waals surface area contributed by atoms with Gasteiger partial charge in [0.2, 0.25) is 0 Å². The summed E-state index contributed by atoms with van der Waals surface area (Å²) in [7, 11) is 0. The molecular weight excluding hydrogens is 248 g/mol. The second-order valence-electron chi connectivity index (χ2n) is 6.26. The van der Waals surface area contributed by atoms with Gasteiger partial charge >= 0.3 is 0 Å². The molecule has 1 heterocycles. The van der Waals surface area contributed by atoms with Gasteiger partial charge < -0.3 is 9.52 Å². The van der Waals surface area contributed by atoms with Gasteiger partial charge in [-0.15, -0.1) is 0 Å². The summed E-state index contributed by atoms with van der Waals surface area (Å²) in [5, 5.41) is 10.6. The van der Waals surface area contributed by atoms with Gasteiger partial charge in [0.25, 0.3) is 0 Å². The molecule has 20 heavy (non-hydrogen) atoms. The molecule has 106 valence electrons. The molecule has 1 aromatic heterocycles. The van der Waals surface area contributed by atoms with Crippen molar-refractivity contribution in [2.24, 2.45) is 5.92 Å². The van der Waals surface area contributed by atoms with Crippen LogP contribution in [-0.4, -0.2) is 5.11 Å². The van der Waals surface area contributed by atoms with Gasteiger partial charge in [0.15, 0.2) is 0 Å². The van der Waals surface area contributed by atoms with Crippen molar-refractivity contribution in [2.75, 3.05) is 0 Å². The van der Waals surface area contributed by atoms with E-state index >= 15 is 0 Å². The first-order chi connectivity index (χ1) is 9.47. The molecule has 2 heteroatoms. The third kappa shape index (κ3) is 2.29. The Balaban J connectivity index is 1.90. The Bertz CT molecular complexity index is 639. The van der Waals surface area contributed by atoms with Crippen LogP contribution in [0, 0.1) is 26.7 Å². The third-order valence-electron chi connectivity index (χ3n) is 4.57. The lowest BCUT2D eigenvalue weighted by atomic mass is 9.96. The predicted molar refractivity (Wildman–Crippen MR) is 79.9 cm³/mol. The molecule has 3 unspecified atom stereocenters. The molecule has 1 fully saturated rings. The lowest BCUT2D eigenvalue weighted by Gasteiger charge is -2.14. The normalized spacial score (nSPS) is 22.9. The molecule has 0 bridgehead atoms. The van der Waals surface area contributed by atoms with Crippen molar-refractivity contribution in [3.63, 3.8) is 0 Å². The standard InChI is InChI=1S/C18H22O2/c1-10-7-12(3)15(8-11(10)2)18(19)17-6-5-16(20-17)14-9-13(14)4/h5-8,13-14,18-19H,9H2,1-4H3. The number of rotatable bonds is 3. The van der Waals surface area contributed by atoms with Gasteiger partial charge in [-0.2, -0.15) is 0 Å². The minimum Gasteiger partial charge on any atom is -0.463 e. The molecule has 1 aliphatic rings.